The number of carbonyl (C=O) groups excluding carboxylic acids is 1. The van der Waals surface area contributed by atoms with E-state index in [0.717, 1.165) is 13.0 Å². The fraction of sp³-hybridized carbons (Fsp3) is 0.400. The van der Waals surface area contributed by atoms with E-state index in [2.05, 4.69) is 11.2 Å². The van der Waals surface area contributed by atoms with Crippen LogP contribution in [0.1, 0.15) is 16.9 Å². The number of carbonyl (C=O) groups is 1. The molecule has 1 aromatic rings. The zero-order valence-electron chi connectivity index (χ0n) is 8.68. The molecule has 15 heavy (non-hydrogen) atoms. The van der Waals surface area contributed by atoms with Crippen molar-refractivity contribution in [3.8, 4) is 0 Å². The van der Waals surface area contributed by atoms with E-state index >= 15 is 0 Å². The molecule has 0 radical (unpaired) electrons. The molecule has 0 fully saturated rings. The molecule has 2 heterocycles. The summed E-state index contributed by atoms with van der Waals surface area (Å²) in [5.41, 5.74) is 6.62. The molecule has 0 saturated carbocycles. The van der Waals surface area contributed by atoms with Gasteiger partial charge in [-0.25, -0.2) is 0 Å². The standard InChI is InChI=1S/C10H14N4O/c1-13-9(8(11)7-12-13)10(15)14-5-3-2-4-6-14/h2-3,7H,4-6,11H2,1H3. The summed E-state index contributed by atoms with van der Waals surface area (Å²) >= 11 is 0. The summed E-state index contributed by atoms with van der Waals surface area (Å²) in [5.74, 6) is -0.0446. The molecule has 1 aromatic heterocycles. The van der Waals surface area contributed by atoms with Gasteiger partial charge in [0.05, 0.1) is 11.9 Å². The van der Waals surface area contributed by atoms with Gasteiger partial charge in [0.25, 0.3) is 5.91 Å². The lowest BCUT2D eigenvalue weighted by molar-refractivity contribution is 0.0761. The molecule has 5 nitrogen and oxygen atoms in total. The number of hydrogen-bond donors (Lipinski definition) is 1. The summed E-state index contributed by atoms with van der Waals surface area (Å²) in [5, 5.41) is 3.96. The minimum atomic E-state index is -0.0446. The van der Waals surface area contributed by atoms with Gasteiger partial charge in [0, 0.05) is 20.1 Å². The number of rotatable bonds is 1. The maximum Gasteiger partial charge on any atom is 0.274 e. The van der Waals surface area contributed by atoms with Crippen LogP contribution in [0.15, 0.2) is 18.3 Å². The van der Waals surface area contributed by atoms with E-state index in [-0.39, 0.29) is 5.91 Å². The van der Waals surface area contributed by atoms with E-state index < -0.39 is 0 Å². The van der Waals surface area contributed by atoms with Crippen molar-refractivity contribution in [2.45, 2.75) is 6.42 Å². The highest BCUT2D eigenvalue weighted by atomic mass is 16.2. The molecule has 0 aliphatic carbocycles. The maximum atomic E-state index is 12.1. The minimum absolute atomic E-state index is 0.0446. The van der Waals surface area contributed by atoms with Gasteiger partial charge < -0.3 is 10.6 Å². The van der Waals surface area contributed by atoms with Crippen LogP contribution in [0.2, 0.25) is 0 Å². The highest BCUT2D eigenvalue weighted by Crippen LogP contribution is 2.14. The number of nitrogens with two attached hydrogens (primary N) is 1. The van der Waals surface area contributed by atoms with Gasteiger partial charge in [0.2, 0.25) is 0 Å². The second-order valence-electron chi connectivity index (χ2n) is 3.58. The third-order valence-corrected chi connectivity index (χ3v) is 2.52. The van der Waals surface area contributed by atoms with Crippen LogP contribution in [0.3, 0.4) is 0 Å². The Hall–Kier alpha value is -1.78. The molecule has 0 aromatic carbocycles. The van der Waals surface area contributed by atoms with Crippen molar-refractivity contribution in [3.05, 3.63) is 24.0 Å². The van der Waals surface area contributed by atoms with Crippen molar-refractivity contribution in [1.29, 1.82) is 0 Å². The predicted octanol–water partition coefficient (Wildman–Crippen LogP) is 0.404. The summed E-state index contributed by atoms with van der Waals surface area (Å²) in [4.78, 5) is 13.8. The number of aromatic nitrogens is 2. The molecule has 5 heteroatoms. The van der Waals surface area contributed by atoms with E-state index in [1.54, 1.807) is 11.9 Å². The lowest BCUT2D eigenvalue weighted by Crippen LogP contribution is -2.35. The molecule has 1 aliphatic rings. The fourth-order valence-electron chi connectivity index (χ4n) is 1.69. The zero-order valence-corrected chi connectivity index (χ0v) is 8.68. The van der Waals surface area contributed by atoms with Crippen LogP contribution in [0.5, 0.6) is 0 Å². The monoisotopic (exact) mass is 206 g/mol. The van der Waals surface area contributed by atoms with Gasteiger partial charge in [-0.15, -0.1) is 0 Å². The van der Waals surface area contributed by atoms with Crippen LogP contribution < -0.4 is 5.73 Å². The third-order valence-electron chi connectivity index (χ3n) is 2.52. The number of nitrogen functional groups attached to an aromatic ring is 1. The molecule has 1 aliphatic heterocycles. The fourth-order valence-corrected chi connectivity index (χ4v) is 1.69. The van der Waals surface area contributed by atoms with E-state index in [9.17, 15) is 4.79 Å². The first-order valence-corrected chi connectivity index (χ1v) is 4.92. The Morgan fingerprint density at radius 3 is 2.87 bits per heavy atom. The maximum absolute atomic E-state index is 12.1. The lowest BCUT2D eigenvalue weighted by atomic mass is 10.2. The molecular weight excluding hydrogens is 192 g/mol. The second kappa shape index (κ2) is 3.76. The van der Waals surface area contributed by atoms with Crippen molar-refractivity contribution in [2.75, 3.05) is 18.8 Å². The molecule has 0 saturated heterocycles. The largest absolute Gasteiger partial charge is 0.396 e. The van der Waals surface area contributed by atoms with Gasteiger partial charge in [-0.1, -0.05) is 12.2 Å². The van der Waals surface area contributed by atoms with Crippen LogP contribution >= 0.6 is 0 Å². The molecule has 0 unspecified atom stereocenters. The van der Waals surface area contributed by atoms with Crippen molar-refractivity contribution < 1.29 is 4.79 Å². The Labute approximate surface area is 88.2 Å². The normalized spacial score (nSPS) is 15.7. The van der Waals surface area contributed by atoms with Gasteiger partial charge >= 0.3 is 0 Å². The summed E-state index contributed by atoms with van der Waals surface area (Å²) in [7, 11) is 1.73. The SMILES string of the molecule is Cn1ncc(N)c1C(=O)N1CC=CCC1. The number of amides is 1. The minimum Gasteiger partial charge on any atom is -0.396 e. The topological polar surface area (TPSA) is 64.2 Å². The highest BCUT2D eigenvalue weighted by molar-refractivity contribution is 5.97. The number of nitrogens with zero attached hydrogens (tertiary/aromatic N) is 3. The lowest BCUT2D eigenvalue weighted by Gasteiger charge is -2.23. The Bertz CT molecular complexity index is 388. The highest BCUT2D eigenvalue weighted by Gasteiger charge is 2.21. The van der Waals surface area contributed by atoms with Gasteiger partial charge in [-0.2, -0.15) is 5.10 Å². The van der Waals surface area contributed by atoms with E-state index in [0.29, 0.717) is 17.9 Å². The second-order valence-corrected chi connectivity index (χ2v) is 3.58. The van der Waals surface area contributed by atoms with Crippen molar-refractivity contribution in [2.24, 2.45) is 7.05 Å². The molecule has 2 N–H and O–H groups in total. The Morgan fingerprint density at radius 2 is 2.33 bits per heavy atom. The Balaban J connectivity index is 2.24. The van der Waals surface area contributed by atoms with E-state index in [1.165, 1.54) is 10.9 Å². The van der Waals surface area contributed by atoms with Crippen molar-refractivity contribution in [1.82, 2.24) is 14.7 Å². The molecule has 0 atom stereocenters. The Kier molecular flexibility index (Phi) is 2.45. The summed E-state index contributed by atoms with van der Waals surface area (Å²) in [6.07, 6.45) is 6.49. The van der Waals surface area contributed by atoms with Crippen molar-refractivity contribution >= 4 is 11.6 Å². The van der Waals surface area contributed by atoms with Gasteiger partial charge in [0.15, 0.2) is 0 Å². The van der Waals surface area contributed by atoms with E-state index in [1.807, 2.05) is 6.08 Å². The predicted molar refractivity (Wildman–Crippen MR) is 57.3 cm³/mol. The molecule has 2 rings (SSSR count). The quantitative estimate of drug-likeness (QED) is 0.677. The smallest absolute Gasteiger partial charge is 0.274 e. The van der Waals surface area contributed by atoms with Gasteiger partial charge in [-0.3, -0.25) is 9.48 Å². The first-order chi connectivity index (χ1) is 7.20. The van der Waals surface area contributed by atoms with Crippen LogP contribution in [-0.4, -0.2) is 33.7 Å². The summed E-state index contributed by atoms with van der Waals surface area (Å²) in [6, 6.07) is 0. The molecule has 80 valence electrons. The van der Waals surface area contributed by atoms with Crippen LogP contribution in [0, 0.1) is 0 Å². The number of aryl methyl sites for hydroxylation is 1. The van der Waals surface area contributed by atoms with Crippen molar-refractivity contribution in [3.63, 3.8) is 0 Å². The zero-order chi connectivity index (χ0) is 10.8. The van der Waals surface area contributed by atoms with Crippen LogP contribution in [-0.2, 0) is 7.05 Å². The summed E-state index contributed by atoms with van der Waals surface area (Å²) in [6.45, 7) is 1.41. The molecule has 0 bridgehead atoms. The number of anilines is 1. The van der Waals surface area contributed by atoms with E-state index in [4.69, 9.17) is 5.73 Å². The molecular formula is C10H14N4O. The van der Waals surface area contributed by atoms with Gasteiger partial charge in [-0.05, 0) is 6.42 Å². The average Bonchev–Trinajstić information content (AvgIpc) is 2.59. The Morgan fingerprint density at radius 1 is 1.53 bits per heavy atom. The number of hydrogen-bond acceptors (Lipinski definition) is 3. The first kappa shape index (κ1) is 9.76. The third kappa shape index (κ3) is 1.72. The van der Waals surface area contributed by atoms with Crippen LogP contribution in [0.4, 0.5) is 5.69 Å². The molecule has 1 amide bonds. The van der Waals surface area contributed by atoms with Gasteiger partial charge in [0.1, 0.15) is 5.69 Å². The first-order valence-electron chi connectivity index (χ1n) is 4.92. The molecule has 0 spiro atoms. The average molecular weight is 206 g/mol. The van der Waals surface area contributed by atoms with Crippen LogP contribution in [0.25, 0.3) is 0 Å². The summed E-state index contributed by atoms with van der Waals surface area (Å²) < 4.78 is 1.52.